The van der Waals surface area contributed by atoms with Crippen molar-refractivity contribution in [2.75, 3.05) is 27.3 Å². The van der Waals surface area contributed by atoms with Crippen molar-refractivity contribution < 1.29 is 51.5 Å². The molecular formula is C28H32Cl8NO10P. The van der Waals surface area contributed by atoms with Crippen molar-refractivity contribution in [3.05, 3.63) is 40.2 Å². The monoisotopic (exact) mass is 853 g/mol. The van der Waals surface area contributed by atoms with Crippen LogP contribution in [0.3, 0.4) is 0 Å². The van der Waals surface area contributed by atoms with Crippen LogP contribution in [0, 0.1) is 11.8 Å². The third-order valence-corrected chi connectivity index (χ3v) is 13.5. The molecular weight excluding hydrogens is 825 g/mol. The van der Waals surface area contributed by atoms with Gasteiger partial charge < -0.3 is 5.32 Å². The summed E-state index contributed by atoms with van der Waals surface area (Å²) >= 11 is 51.4. The molecule has 3 aliphatic heterocycles. The second-order valence-corrected chi connectivity index (χ2v) is 19.3. The molecule has 3 heterocycles. The Balaban J connectivity index is 0.00000167. The summed E-state index contributed by atoms with van der Waals surface area (Å²) in [6.45, 7) is 8.38. The van der Waals surface area contributed by atoms with Crippen LogP contribution in [0.2, 0.25) is 40.2 Å². The Bertz CT molecular complexity index is 1500. The molecule has 0 amide bonds. The number of nitrogens with two attached hydrogens (primary N) is 1. The van der Waals surface area contributed by atoms with E-state index >= 15 is 0 Å². The minimum absolute atomic E-state index is 0.229. The van der Waals surface area contributed by atoms with Crippen LogP contribution in [0.5, 0.6) is 23.0 Å². The van der Waals surface area contributed by atoms with Crippen molar-refractivity contribution in [3.63, 3.8) is 0 Å². The van der Waals surface area contributed by atoms with E-state index in [1.165, 1.54) is 0 Å². The van der Waals surface area contributed by atoms with Gasteiger partial charge in [-0.3, -0.25) is 0 Å². The normalized spacial score (nSPS) is 22.8. The zero-order valence-corrected chi connectivity index (χ0v) is 33.6. The smallest absolute Gasteiger partial charge is 0.0647 e. The molecule has 11 nitrogen and oxygen atoms in total. The number of hydrogen-bond donors (Lipinski definition) is 1. The summed E-state index contributed by atoms with van der Waals surface area (Å²) in [7, 11) is -2.94. The molecule has 48 heavy (non-hydrogen) atoms. The van der Waals surface area contributed by atoms with Crippen LogP contribution in [-0.4, -0.2) is 50.4 Å². The average molecular weight is 857 g/mol. The number of rotatable bonds is 2. The molecule has 2 aromatic rings. The second kappa shape index (κ2) is 13.0. The Morgan fingerprint density at radius 1 is 0.562 bits per heavy atom. The first kappa shape index (κ1) is 40.0. The fourth-order valence-corrected chi connectivity index (χ4v) is 10.4. The van der Waals surface area contributed by atoms with E-state index in [2.05, 4.69) is 0 Å². The van der Waals surface area contributed by atoms with Gasteiger partial charge in [0.2, 0.25) is 0 Å². The molecule has 20 heteroatoms. The van der Waals surface area contributed by atoms with Crippen LogP contribution in [0.25, 0.3) is 0 Å². The molecule has 2 atom stereocenters. The maximum absolute atomic E-state index is 13.6. The number of fused-ring (bicyclic) bond motifs is 2. The van der Waals surface area contributed by atoms with Crippen molar-refractivity contribution in [1.29, 1.82) is 0 Å². The van der Waals surface area contributed by atoms with Crippen LogP contribution >= 0.6 is 100 Å². The minimum atomic E-state index is -6.94. The van der Waals surface area contributed by atoms with Gasteiger partial charge in [-0.15, -0.1) is 0 Å². The largest absolute Gasteiger partial charge is 0.351 e. The van der Waals surface area contributed by atoms with E-state index in [4.69, 9.17) is 129 Å². The van der Waals surface area contributed by atoms with Crippen molar-refractivity contribution >= 4 is 112 Å². The summed E-state index contributed by atoms with van der Waals surface area (Å²) in [6, 6.07) is 0. The molecule has 0 aromatic heterocycles. The fraction of sp³-hybridized carbons (Fsp3) is 0.500. The van der Waals surface area contributed by atoms with Crippen molar-refractivity contribution in [3.8, 4) is 23.0 Å². The summed E-state index contributed by atoms with van der Waals surface area (Å²) < 4.78 is 49.0. The van der Waals surface area contributed by atoms with Gasteiger partial charge in [0.25, 0.3) is 0 Å². The molecule has 3 aliphatic rings. The fourth-order valence-electron chi connectivity index (χ4n) is 4.53. The van der Waals surface area contributed by atoms with Crippen LogP contribution in [-0.2, 0) is 28.1 Å². The molecule has 2 N–H and O–H groups in total. The van der Waals surface area contributed by atoms with Crippen LogP contribution in [0.4, 0.5) is 0 Å². The van der Waals surface area contributed by atoms with Gasteiger partial charge in [-0.1, -0.05) is 0 Å². The average Bonchev–Trinajstić information content (AvgIpc) is 3.40. The first-order valence-corrected chi connectivity index (χ1v) is 19.3. The van der Waals surface area contributed by atoms with E-state index in [-0.39, 0.29) is 63.2 Å². The van der Waals surface area contributed by atoms with Gasteiger partial charge in [0.15, 0.2) is 0 Å². The number of quaternary nitrogens is 1. The number of carbonyl (C=O) groups is 2. The molecule has 2 aromatic carbocycles. The van der Waals surface area contributed by atoms with E-state index < -0.39 is 55.5 Å². The molecule has 0 saturated carbocycles. The standard InChI is InChI=1S/C26H24Cl8O10P.C2H7N/c1-25(2,3)39-23(35)9-7-37-45(38-8-10(9)24(36)40-26(4,5)6,41-19-15(31)11(27)12(28)16(32)20(19)42-45)43-21-17(33)13(29)14(30)18(34)22(21)44-45;1-3-2/h9-10H,7-8H2,1-6H3;3H,1-2H3/q-1;/p+1/t9-,10-;/m1./s1. The van der Waals surface area contributed by atoms with Crippen LogP contribution in [0.15, 0.2) is 0 Å². The van der Waals surface area contributed by atoms with E-state index in [9.17, 15) is 9.59 Å². The summed E-state index contributed by atoms with van der Waals surface area (Å²) in [5.41, 5.74) is -1.94. The molecule has 0 unspecified atom stereocenters. The van der Waals surface area contributed by atoms with Crippen LogP contribution < -0.4 is 23.4 Å². The maximum Gasteiger partial charge on any atom is 0.0647 e. The number of carbonyl (C=O) groups excluding carboxylic acids is 2. The first-order valence-electron chi connectivity index (χ1n) is 14.1. The molecule has 1 spiro atoms. The van der Waals surface area contributed by atoms with Crippen molar-refractivity contribution in [1.82, 2.24) is 0 Å². The Labute approximate surface area is 316 Å². The molecule has 1 fully saturated rings. The third-order valence-electron chi connectivity index (χ3n) is 6.42. The zero-order valence-electron chi connectivity index (χ0n) is 26.7. The van der Waals surface area contributed by atoms with Gasteiger partial charge in [-0.25, -0.2) is 0 Å². The third kappa shape index (κ3) is 6.89. The zero-order chi connectivity index (χ0) is 36.4. The van der Waals surface area contributed by atoms with Gasteiger partial charge in [-0.05, 0) is 0 Å². The summed E-state index contributed by atoms with van der Waals surface area (Å²) in [6.07, 6.45) is 0. The predicted octanol–water partition coefficient (Wildman–Crippen LogP) is 9.51. The SMILES string of the molecule is CC(C)(C)OC(=O)[C@@H]1CO[P-]23(OC[C@H]1C(=O)OC(C)(C)C)(Oc1c(Cl)c(Cl)c(Cl)c(Cl)c1O2)Oc1c(Cl)c(Cl)c(Cl)c(Cl)c1O3.C[NH2+]C. The Morgan fingerprint density at radius 2 is 0.792 bits per heavy atom. The quantitative estimate of drug-likeness (QED) is 0.135. The number of benzene rings is 2. The van der Waals surface area contributed by atoms with Gasteiger partial charge in [-0.2, -0.15) is 0 Å². The topological polar surface area (TPSA) is 125 Å². The van der Waals surface area contributed by atoms with Gasteiger partial charge in [0.05, 0.1) is 14.1 Å². The predicted molar refractivity (Wildman–Crippen MR) is 187 cm³/mol. The second-order valence-electron chi connectivity index (χ2n) is 12.8. The summed E-state index contributed by atoms with van der Waals surface area (Å²) in [5, 5.41) is -0.144. The van der Waals surface area contributed by atoms with Gasteiger partial charge >= 0.3 is 299 Å². The minimum Gasteiger partial charge on any atom is -0.351 e. The summed E-state index contributed by atoms with van der Waals surface area (Å²) in [5.74, 6) is -6.04. The van der Waals surface area contributed by atoms with E-state index in [1.807, 2.05) is 19.4 Å². The molecule has 0 radical (unpaired) electrons. The molecule has 0 aliphatic carbocycles. The number of hydrogen-bond acceptors (Lipinski definition) is 10. The maximum atomic E-state index is 13.6. The van der Waals surface area contributed by atoms with Crippen molar-refractivity contribution in [2.45, 2.75) is 52.7 Å². The first-order chi connectivity index (χ1) is 21.9. The van der Waals surface area contributed by atoms with Crippen LogP contribution in [0.1, 0.15) is 41.5 Å². The number of esters is 2. The molecule has 0 bridgehead atoms. The van der Waals surface area contributed by atoms with E-state index in [1.54, 1.807) is 41.5 Å². The number of ether oxygens (including phenoxy) is 2. The van der Waals surface area contributed by atoms with Gasteiger partial charge in [0.1, 0.15) is 0 Å². The van der Waals surface area contributed by atoms with E-state index in [0.29, 0.717) is 0 Å². The van der Waals surface area contributed by atoms with E-state index in [0.717, 1.165) is 0 Å². The molecule has 1 saturated heterocycles. The molecule has 270 valence electrons. The molecule has 5 rings (SSSR count). The Hall–Kier alpha value is -0.790. The Kier molecular flexibility index (Phi) is 10.8. The Morgan fingerprint density at radius 3 is 1.00 bits per heavy atom. The summed E-state index contributed by atoms with van der Waals surface area (Å²) in [4.78, 5) is 27.2. The van der Waals surface area contributed by atoms with Crippen molar-refractivity contribution in [2.24, 2.45) is 11.8 Å². The number of halogens is 8. The van der Waals surface area contributed by atoms with Gasteiger partial charge in [0, 0.05) is 0 Å².